The van der Waals surface area contributed by atoms with Crippen LogP contribution in [0.15, 0.2) is 36.5 Å². The summed E-state index contributed by atoms with van der Waals surface area (Å²) in [6.45, 7) is 8.72. The van der Waals surface area contributed by atoms with Crippen molar-refractivity contribution in [3.05, 3.63) is 64.6 Å². The van der Waals surface area contributed by atoms with Gasteiger partial charge in [-0.05, 0) is 75.4 Å². The Labute approximate surface area is 201 Å². The Hall–Kier alpha value is -2.79. The van der Waals surface area contributed by atoms with E-state index in [2.05, 4.69) is 45.9 Å². The molecule has 1 aromatic carbocycles. The summed E-state index contributed by atoms with van der Waals surface area (Å²) in [5.41, 5.74) is 6.48. The minimum Gasteiger partial charge on any atom is -0.381 e. The van der Waals surface area contributed by atoms with Crippen LogP contribution in [0.4, 0.5) is 0 Å². The monoisotopic (exact) mass is 458 g/mol. The summed E-state index contributed by atoms with van der Waals surface area (Å²) in [4.78, 5) is 7.25. The Bertz CT molecular complexity index is 1140. The molecular formula is C27H34N6O. The number of nitriles is 1. The lowest BCUT2D eigenvalue weighted by molar-refractivity contribution is 0.0662. The molecule has 0 aliphatic carbocycles. The largest absolute Gasteiger partial charge is 0.381 e. The van der Waals surface area contributed by atoms with Crippen LogP contribution >= 0.6 is 0 Å². The number of piperidine rings is 1. The van der Waals surface area contributed by atoms with Gasteiger partial charge in [-0.25, -0.2) is 9.50 Å². The van der Waals surface area contributed by atoms with Gasteiger partial charge in [0.25, 0.3) is 0 Å². The lowest BCUT2D eigenvalue weighted by Gasteiger charge is -2.33. The van der Waals surface area contributed by atoms with Crippen molar-refractivity contribution in [1.29, 1.82) is 5.26 Å². The van der Waals surface area contributed by atoms with Crippen molar-refractivity contribution in [3.8, 4) is 6.07 Å². The summed E-state index contributed by atoms with van der Waals surface area (Å²) in [6.07, 6.45) is 6.57. The van der Waals surface area contributed by atoms with Crippen LogP contribution in [0.5, 0.6) is 0 Å². The molecule has 0 radical (unpaired) electrons. The molecule has 0 amide bonds. The molecule has 1 atom stereocenters. The molecule has 0 bridgehead atoms. The fourth-order valence-electron chi connectivity index (χ4n) is 5.37. The van der Waals surface area contributed by atoms with Gasteiger partial charge in [-0.2, -0.15) is 10.4 Å². The van der Waals surface area contributed by atoms with E-state index in [0.29, 0.717) is 17.4 Å². The van der Waals surface area contributed by atoms with Gasteiger partial charge in [0.2, 0.25) is 0 Å². The molecule has 5 rings (SSSR count). The number of ether oxygens (including phenoxy) is 1. The number of nitrogens with one attached hydrogen (secondary N) is 1. The lowest BCUT2D eigenvalue weighted by Crippen LogP contribution is -2.34. The Morgan fingerprint density at radius 1 is 1.15 bits per heavy atom. The molecule has 7 nitrogen and oxygen atoms in total. The summed E-state index contributed by atoms with van der Waals surface area (Å²) < 4.78 is 7.58. The van der Waals surface area contributed by atoms with Crippen LogP contribution in [0.3, 0.4) is 0 Å². The molecule has 2 aliphatic heterocycles. The van der Waals surface area contributed by atoms with E-state index in [0.717, 1.165) is 70.1 Å². The first-order chi connectivity index (χ1) is 16.7. The van der Waals surface area contributed by atoms with Gasteiger partial charge >= 0.3 is 0 Å². The fraction of sp³-hybridized carbons (Fsp3) is 0.519. The molecule has 4 heterocycles. The maximum absolute atomic E-state index is 9.04. The molecule has 7 heteroatoms. The van der Waals surface area contributed by atoms with Gasteiger partial charge in [-0.15, -0.1) is 0 Å². The number of likely N-dealkylation sites (tertiary alicyclic amines) is 1. The van der Waals surface area contributed by atoms with Crippen molar-refractivity contribution in [1.82, 2.24) is 24.8 Å². The summed E-state index contributed by atoms with van der Waals surface area (Å²) in [6, 6.07) is 12.3. The third-order valence-corrected chi connectivity index (χ3v) is 7.33. The quantitative estimate of drug-likeness (QED) is 0.580. The normalized spacial score (nSPS) is 19.9. The fourth-order valence-corrected chi connectivity index (χ4v) is 5.37. The number of rotatable bonds is 7. The summed E-state index contributed by atoms with van der Waals surface area (Å²) in [5, 5.41) is 17.6. The Morgan fingerprint density at radius 2 is 1.97 bits per heavy atom. The molecular weight excluding hydrogens is 424 g/mol. The highest BCUT2D eigenvalue weighted by Gasteiger charge is 2.25. The van der Waals surface area contributed by atoms with Crippen molar-refractivity contribution >= 4 is 5.65 Å². The van der Waals surface area contributed by atoms with Crippen molar-refractivity contribution in [2.75, 3.05) is 32.8 Å². The third-order valence-electron chi connectivity index (χ3n) is 7.33. The van der Waals surface area contributed by atoms with Crippen molar-refractivity contribution in [2.24, 2.45) is 5.92 Å². The molecule has 0 saturated carbocycles. The van der Waals surface area contributed by atoms with Crippen molar-refractivity contribution in [3.63, 3.8) is 0 Å². The molecule has 1 unspecified atom stereocenters. The smallest absolute Gasteiger partial charge is 0.159 e. The second kappa shape index (κ2) is 10.6. The molecule has 2 aliphatic rings. The van der Waals surface area contributed by atoms with E-state index in [1.54, 1.807) is 0 Å². The van der Waals surface area contributed by atoms with E-state index >= 15 is 0 Å². The first-order valence-electron chi connectivity index (χ1n) is 12.5. The zero-order valence-electron chi connectivity index (χ0n) is 20.0. The number of aryl methyl sites for hydroxylation is 1. The highest BCUT2D eigenvalue weighted by Crippen LogP contribution is 2.29. The van der Waals surface area contributed by atoms with Gasteiger partial charge in [-0.1, -0.05) is 12.1 Å². The first kappa shape index (κ1) is 23.0. The number of aromatic nitrogens is 3. The summed E-state index contributed by atoms with van der Waals surface area (Å²) in [7, 11) is 0. The zero-order chi connectivity index (χ0) is 23.3. The molecule has 34 heavy (non-hydrogen) atoms. The SMILES string of the molecule is Cc1nn2c(C3CCCN(Cc4ccc(C#N)cc4)C3)ccnc2c1CNCC1CCOCC1. The highest BCUT2D eigenvalue weighted by molar-refractivity contribution is 5.50. The third kappa shape index (κ3) is 5.15. The molecule has 2 fully saturated rings. The van der Waals surface area contributed by atoms with Crippen molar-refractivity contribution in [2.45, 2.75) is 51.6 Å². The maximum atomic E-state index is 9.04. The van der Waals surface area contributed by atoms with Gasteiger partial charge in [0.1, 0.15) is 0 Å². The Morgan fingerprint density at radius 3 is 2.76 bits per heavy atom. The number of fused-ring (bicyclic) bond motifs is 1. The molecule has 2 saturated heterocycles. The predicted octanol–water partition coefficient (Wildman–Crippen LogP) is 3.81. The first-order valence-corrected chi connectivity index (χ1v) is 12.5. The standard InChI is InChI=1S/C27H34N6O/c1-20-25(17-29-16-22-9-13-34-14-10-22)27-30-11-8-26(33(27)31-20)24-3-2-12-32(19-24)18-23-6-4-21(15-28)5-7-23/h4-8,11,22,24,29H,2-3,9-10,12-14,16-19H2,1H3. The Kier molecular flexibility index (Phi) is 7.19. The Balaban J connectivity index is 1.28. The summed E-state index contributed by atoms with van der Waals surface area (Å²) in [5.74, 6) is 1.13. The van der Waals surface area contributed by atoms with E-state index in [1.807, 2.05) is 18.3 Å². The van der Waals surface area contributed by atoms with Crippen LogP contribution in [-0.2, 0) is 17.8 Å². The van der Waals surface area contributed by atoms with Crippen LogP contribution in [0.25, 0.3) is 5.65 Å². The van der Waals surface area contributed by atoms with Gasteiger partial charge in [0, 0.05) is 50.5 Å². The van der Waals surface area contributed by atoms with E-state index in [9.17, 15) is 0 Å². The van der Waals surface area contributed by atoms with E-state index < -0.39 is 0 Å². The van der Waals surface area contributed by atoms with Crippen LogP contribution < -0.4 is 5.32 Å². The predicted molar refractivity (Wildman–Crippen MR) is 131 cm³/mol. The average molecular weight is 459 g/mol. The highest BCUT2D eigenvalue weighted by atomic mass is 16.5. The molecule has 0 spiro atoms. The van der Waals surface area contributed by atoms with Crippen LogP contribution in [0, 0.1) is 24.2 Å². The minimum absolute atomic E-state index is 0.431. The molecule has 178 valence electrons. The van der Waals surface area contributed by atoms with E-state index in [4.69, 9.17) is 20.1 Å². The van der Waals surface area contributed by atoms with Crippen LogP contribution in [0.1, 0.15) is 59.7 Å². The number of benzene rings is 1. The number of hydrogen-bond donors (Lipinski definition) is 1. The molecule has 3 aromatic rings. The number of hydrogen-bond acceptors (Lipinski definition) is 6. The molecule has 1 N–H and O–H groups in total. The van der Waals surface area contributed by atoms with Gasteiger partial charge < -0.3 is 10.1 Å². The second-order valence-electron chi connectivity index (χ2n) is 9.74. The number of nitrogens with zero attached hydrogens (tertiary/aromatic N) is 5. The lowest BCUT2D eigenvalue weighted by atomic mass is 9.94. The van der Waals surface area contributed by atoms with E-state index in [-0.39, 0.29) is 0 Å². The van der Waals surface area contributed by atoms with Crippen LogP contribution in [0.2, 0.25) is 0 Å². The summed E-state index contributed by atoms with van der Waals surface area (Å²) >= 11 is 0. The average Bonchev–Trinajstić information content (AvgIpc) is 3.20. The minimum atomic E-state index is 0.431. The second-order valence-corrected chi connectivity index (χ2v) is 9.74. The molecule has 2 aromatic heterocycles. The zero-order valence-corrected chi connectivity index (χ0v) is 20.0. The van der Waals surface area contributed by atoms with Gasteiger partial charge in [-0.3, -0.25) is 4.90 Å². The topological polar surface area (TPSA) is 78.5 Å². The van der Waals surface area contributed by atoms with E-state index in [1.165, 1.54) is 29.7 Å². The van der Waals surface area contributed by atoms with Gasteiger partial charge in [0.15, 0.2) is 5.65 Å². The van der Waals surface area contributed by atoms with Crippen molar-refractivity contribution < 1.29 is 4.74 Å². The maximum Gasteiger partial charge on any atom is 0.159 e. The van der Waals surface area contributed by atoms with Gasteiger partial charge in [0.05, 0.1) is 23.0 Å². The van der Waals surface area contributed by atoms with Crippen LogP contribution in [-0.4, -0.2) is 52.3 Å².